The summed E-state index contributed by atoms with van der Waals surface area (Å²) in [7, 11) is 3.94. The highest BCUT2D eigenvalue weighted by Crippen LogP contribution is 2.30. The van der Waals surface area contributed by atoms with Gasteiger partial charge in [0.05, 0.1) is 0 Å². The number of anilines is 1. The predicted molar refractivity (Wildman–Crippen MR) is 74.1 cm³/mol. The van der Waals surface area contributed by atoms with Gasteiger partial charge in [0.25, 0.3) is 5.91 Å². The minimum Gasteiger partial charge on any atom is -0.378 e. The molecule has 96 valence electrons. The molecule has 0 unspecified atom stereocenters. The Morgan fingerprint density at radius 1 is 1.28 bits per heavy atom. The molecule has 0 bridgehead atoms. The van der Waals surface area contributed by atoms with Crippen LogP contribution in [0.5, 0.6) is 0 Å². The molecule has 1 aliphatic carbocycles. The summed E-state index contributed by atoms with van der Waals surface area (Å²) in [5, 5.41) is 4.13. The maximum Gasteiger partial charge on any atom is 0.271 e. The lowest BCUT2D eigenvalue weighted by atomic mass is 10.2. The molecule has 4 heteroatoms. The first-order valence-electron chi connectivity index (χ1n) is 6.20. The Hall–Kier alpha value is -1.84. The summed E-state index contributed by atoms with van der Waals surface area (Å²) in [4.78, 5) is 13.8. The van der Waals surface area contributed by atoms with E-state index >= 15 is 0 Å². The number of carbonyl (C=O) groups is 1. The van der Waals surface area contributed by atoms with Gasteiger partial charge in [-0.05, 0) is 49.9 Å². The maximum atomic E-state index is 11.8. The van der Waals surface area contributed by atoms with Gasteiger partial charge in [0.2, 0.25) is 0 Å². The molecule has 2 rings (SSSR count). The van der Waals surface area contributed by atoms with E-state index in [0.717, 1.165) is 11.4 Å². The van der Waals surface area contributed by atoms with Crippen LogP contribution in [-0.4, -0.2) is 25.7 Å². The van der Waals surface area contributed by atoms with Crippen LogP contribution < -0.4 is 10.3 Å². The summed E-state index contributed by atoms with van der Waals surface area (Å²) < 4.78 is 0. The van der Waals surface area contributed by atoms with Crippen LogP contribution in [0.4, 0.5) is 5.69 Å². The van der Waals surface area contributed by atoms with Crippen LogP contribution in [0.1, 0.15) is 30.1 Å². The van der Waals surface area contributed by atoms with Crippen molar-refractivity contribution in [1.29, 1.82) is 0 Å². The van der Waals surface area contributed by atoms with Gasteiger partial charge in [-0.3, -0.25) is 4.79 Å². The summed E-state index contributed by atoms with van der Waals surface area (Å²) in [5.41, 5.74) is 5.33. The van der Waals surface area contributed by atoms with Crippen LogP contribution in [-0.2, 0) is 0 Å². The molecule has 1 saturated carbocycles. The van der Waals surface area contributed by atoms with Gasteiger partial charge in [0.15, 0.2) is 0 Å². The van der Waals surface area contributed by atoms with Crippen LogP contribution in [0.15, 0.2) is 29.4 Å². The molecule has 1 amide bonds. The van der Waals surface area contributed by atoms with Crippen molar-refractivity contribution in [3.05, 3.63) is 29.8 Å². The molecule has 1 aromatic carbocycles. The van der Waals surface area contributed by atoms with Crippen molar-refractivity contribution in [2.45, 2.75) is 19.8 Å². The Kier molecular flexibility index (Phi) is 3.65. The second-order valence-corrected chi connectivity index (χ2v) is 4.91. The van der Waals surface area contributed by atoms with Gasteiger partial charge >= 0.3 is 0 Å². The van der Waals surface area contributed by atoms with E-state index in [-0.39, 0.29) is 5.91 Å². The lowest BCUT2D eigenvalue weighted by molar-refractivity contribution is 0.0954. The van der Waals surface area contributed by atoms with Crippen LogP contribution in [0, 0.1) is 5.92 Å². The van der Waals surface area contributed by atoms with Gasteiger partial charge in [-0.1, -0.05) is 0 Å². The molecule has 0 radical (unpaired) electrons. The highest BCUT2D eigenvalue weighted by Gasteiger charge is 2.24. The number of benzene rings is 1. The van der Waals surface area contributed by atoms with Crippen molar-refractivity contribution < 1.29 is 4.79 Å². The van der Waals surface area contributed by atoms with Gasteiger partial charge in [0.1, 0.15) is 0 Å². The molecular weight excluding hydrogens is 226 g/mol. The lowest BCUT2D eigenvalue weighted by Gasteiger charge is -2.12. The van der Waals surface area contributed by atoms with Gasteiger partial charge in [-0.15, -0.1) is 0 Å². The predicted octanol–water partition coefficient (Wildman–Crippen LogP) is 2.27. The van der Waals surface area contributed by atoms with Crippen molar-refractivity contribution in [2.75, 3.05) is 19.0 Å². The molecule has 1 N–H and O–H groups in total. The molecule has 0 aliphatic heterocycles. The van der Waals surface area contributed by atoms with Crippen molar-refractivity contribution in [1.82, 2.24) is 5.43 Å². The molecule has 1 aliphatic rings. The third-order valence-electron chi connectivity index (χ3n) is 3.15. The summed E-state index contributed by atoms with van der Waals surface area (Å²) in [5.74, 6) is 0.432. The number of hydrogen-bond acceptors (Lipinski definition) is 3. The molecule has 4 nitrogen and oxygen atoms in total. The largest absolute Gasteiger partial charge is 0.378 e. The summed E-state index contributed by atoms with van der Waals surface area (Å²) in [6.07, 6.45) is 2.39. The third-order valence-corrected chi connectivity index (χ3v) is 3.15. The average molecular weight is 245 g/mol. The quantitative estimate of drug-likeness (QED) is 0.653. The molecule has 18 heavy (non-hydrogen) atoms. The van der Waals surface area contributed by atoms with E-state index in [2.05, 4.69) is 10.5 Å². The van der Waals surface area contributed by atoms with E-state index in [1.165, 1.54) is 12.8 Å². The van der Waals surface area contributed by atoms with Gasteiger partial charge < -0.3 is 4.90 Å². The number of nitrogens with one attached hydrogen (secondary N) is 1. The molecule has 1 aromatic rings. The first-order valence-corrected chi connectivity index (χ1v) is 6.20. The SMILES string of the molecule is C/C(=N\NC(=O)c1ccc(N(C)C)cc1)C1CC1. The standard InChI is InChI=1S/C14H19N3O/c1-10(11-4-5-11)15-16-14(18)12-6-8-13(9-7-12)17(2)3/h6-9,11H,4-5H2,1-3H3,(H,16,18)/b15-10+. The van der Waals surface area contributed by atoms with E-state index in [9.17, 15) is 4.79 Å². The highest BCUT2D eigenvalue weighted by molar-refractivity contribution is 5.96. The normalized spacial score (nSPS) is 15.4. The first-order chi connectivity index (χ1) is 8.58. The fraction of sp³-hybridized carbons (Fsp3) is 0.429. The Labute approximate surface area is 108 Å². The minimum atomic E-state index is -0.152. The number of rotatable bonds is 4. The minimum absolute atomic E-state index is 0.152. The van der Waals surface area contributed by atoms with E-state index in [1.807, 2.05) is 50.2 Å². The summed E-state index contributed by atoms with van der Waals surface area (Å²) in [6.45, 7) is 1.97. The van der Waals surface area contributed by atoms with Crippen molar-refractivity contribution in [3.8, 4) is 0 Å². The molecule has 0 aromatic heterocycles. The summed E-state index contributed by atoms with van der Waals surface area (Å²) >= 11 is 0. The average Bonchev–Trinajstić information content (AvgIpc) is 3.20. The van der Waals surface area contributed by atoms with E-state index < -0.39 is 0 Å². The van der Waals surface area contributed by atoms with Gasteiger partial charge in [0, 0.05) is 31.1 Å². The maximum absolute atomic E-state index is 11.8. The van der Waals surface area contributed by atoms with Crippen LogP contribution >= 0.6 is 0 Å². The van der Waals surface area contributed by atoms with Crippen molar-refractivity contribution in [2.24, 2.45) is 11.0 Å². The Morgan fingerprint density at radius 3 is 2.39 bits per heavy atom. The van der Waals surface area contributed by atoms with Crippen LogP contribution in [0.25, 0.3) is 0 Å². The zero-order chi connectivity index (χ0) is 13.1. The molecule has 0 spiro atoms. The Morgan fingerprint density at radius 2 is 1.89 bits per heavy atom. The van der Waals surface area contributed by atoms with Crippen molar-refractivity contribution >= 4 is 17.3 Å². The van der Waals surface area contributed by atoms with Gasteiger partial charge in [-0.25, -0.2) is 5.43 Å². The zero-order valence-corrected chi connectivity index (χ0v) is 11.1. The van der Waals surface area contributed by atoms with E-state index in [1.54, 1.807) is 0 Å². The van der Waals surface area contributed by atoms with E-state index in [0.29, 0.717) is 11.5 Å². The Bertz CT molecular complexity index is 458. The fourth-order valence-electron chi connectivity index (χ4n) is 1.71. The number of amides is 1. The highest BCUT2D eigenvalue weighted by atomic mass is 16.2. The molecule has 0 atom stereocenters. The van der Waals surface area contributed by atoms with E-state index in [4.69, 9.17) is 0 Å². The second-order valence-electron chi connectivity index (χ2n) is 4.91. The lowest BCUT2D eigenvalue weighted by Crippen LogP contribution is -2.19. The van der Waals surface area contributed by atoms with Crippen molar-refractivity contribution in [3.63, 3.8) is 0 Å². The molecule has 1 fully saturated rings. The number of carbonyl (C=O) groups excluding carboxylic acids is 1. The van der Waals surface area contributed by atoms with Crippen LogP contribution in [0.3, 0.4) is 0 Å². The number of hydrazone groups is 1. The fourth-order valence-corrected chi connectivity index (χ4v) is 1.71. The first kappa shape index (κ1) is 12.6. The molecule has 0 heterocycles. The third kappa shape index (κ3) is 3.09. The number of hydrogen-bond donors (Lipinski definition) is 1. The molecule has 0 saturated heterocycles. The zero-order valence-electron chi connectivity index (χ0n) is 11.1. The summed E-state index contributed by atoms with van der Waals surface area (Å²) in [6, 6.07) is 7.47. The smallest absolute Gasteiger partial charge is 0.271 e. The molecular formula is C14H19N3O. The van der Waals surface area contributed by atoms with Gasteiger partial charge in [-0.2, -0.15) is 5.10 Å². The van der Waals surface area contributed by atoms with Crippen LogP contribution in [0.2, 0.25) is 0 Å². The topological polar surface area (TPSA) is 44.7 Å². The number of nitrogens with zero attached hydrogens (tertiary/aromatic N) is 2. The Balaban J connectivity index is 1.98. The monoisotopic (exact) mass is 245 g/mol. The second kappa shape index (κ2) is 5.21.